The number of amides is 2. The fourth-order valence-electron chi connectivity index (χ4n) is 3.72. The minimum absolute atomic E-state index is 0.0341. The summed E-state index contributed by atoms with van der Waals surface area (Å²) in [7, 11) is 0. The number of urea groups is 1. The molecule has 190 valence electrons. The molecule has 6 nitrogen and oxygen atoms in total. The Morgan fingerprint density at radius 2 is 1.74 bits per heavy atom. The van der Waals surface area contributed by atoms with Crippen LogP contribution in [0.1, 0.15) is 97.5 Å². The third kappa shape index (κ3) is 11.3. The van der Waals surface area contributed by atoms with Crippen LogP contribution < -0.4 is 5.32 Å². The number of rotatable bonds is 15. The molecule has 1 rings (SSSR count). The number of carbonyl (C=O) groups excluding carboxylic acids is 2. The lowest BCUT2D eigenvalue weighted by molar-refractivity contribution is 0.222. The van der Waals surface area contributed by atoms with Gasteiger partial charge in [-0.2, -0.15) is 4.99 Å². The van der Waals surface area contributed by atoms with Gasteiger partial charge in [0.05, 0.1) is 5.69 Å². The minimum Gasteiger partial charge on any atom is -0.307 e. The summed E-state index contributed by atoms with van der Waals surface area (Å²) in [5, 5.41) is 3.79. The smallest absolute Gasteiger partial charge is 0.307 e. The van der Waals surface area contributed by atoms with Crippen LogP contribution in [0.4, 0.5) is 16.2 Å². The van der Waals surface area contributed by atoms with E-state index in [0.717, 1.165) is 55.1 Å². The van der Waals surface area contributed by atoms with Gasteiger partial charge < -0.3 is 5.32 Å². The van der Waals surface area contributed by atoms with Crippen molar-refractivity contribution in [2.24, 2.45) is 9.98 Å². The number of aliphatic imine (C=N–C) groups is 2. The molecule has 0 radical (unpaired) electrons. The third-order valence-electron chi connectivity index (χ3n) is 5.75. The number of aryl methyl sites for hydroxylation is 1. The predicted molar refractivity (Wildman–Crippen MR) is 147 cm³/mol. The van der Waals surface area contributed by atoms with Gasteiger partial charge in [0.2, 0.25) is 6.08 Å². The average molecular weight is 489 g/mol. The molecular weight excluding hydrogens is 444 g/mol. The highest BCUT2D eigenvalue weighted by Crippen LogP contribution is 2.24. The summed E-state index contributed by atoms with van der Waals surface area (Å²) >= 11 is 1.62. The van der Waals surface area contributed by atoms with E-state index in [1.165, 1.54) is 32.1 Å². The second kappa shape index (κ2) is 18.2. The maximum Gasteiger partial charge on any atom is 0.328 e. The Balaban J connectivity index is 3.03. The second-order valence-corrected chi connectivity index (χ2v) is 9.95. The molecule has 0 fully saturated rings. The van der Waals surface area contributed by atoms with E-state index in [2.05, 4.69) is 38.0 Å². The van der Waals surface area contributed by atoms with Gasteiger partial charge in [-0.1, -0.05) is 90.0 Å². The summed E-state index contributed by atoms with van der Waals surface area (Å²) in [4.78, 5) is 34.7. The molecule has 0 bridgehead atoms. The zero-order chi connectivity index (χ0) is 25.2. The molecular formula is C27H44N4O2S. The number of nitrogens with one attached hydrogen (secondary N) is 1. The number of hydrogen-bond acceptors (Lipinski definition) is 5. The Labute approximate surface area is 211 Å². The molecule has 0 aliphatic rings. The first kappa shape index (κ1) is 29.9. The summed E-state index contributed by atoms with van der Waals surface area (Å²) in [6.07, 6.45) is 13.2. The molecule has 1 unspecified atom stereocenters. The lowest BCUT2D eigenvalue weighted by atomic mass is 10.1. The van der Waals surface area contributed by atoms with Gasteiger partial charge in [0, 0.05) is 18.3 Å². The highest BCUT2D eigenvalue weighted by atomic mass is 32.2. The standard InChI is InChI=1S/C27H44N4O2S/c1-6-9-11-12-13-15-19-28-27(34-8-3)31(23(5)16-14-10-7-2)26(33)30-24-18-17-22(4)25(20-24)29-21-32/h17-18,20,23H,6-16,19H2,1-5H3,(H,30,33). The van der Waals surface area contributed by atoms with Crippen LogP contribution in [0, 0.1) is 6.92 Å². The van der Waals surface area contributed by atoms with E-state index in [-0.39, 0.29) is 12.1 Å². The van der Waals surface area contributed by atoms with Crippen molar-refractivity contribution in [2.75, 3.05) is 17.6 Å². The van der Waals surface area contributed by atoms with Crippen molar-refractivity contribution in [3.05, 3.63) is 23.8 Å². The number of unbranched alkanes of at least 4 members (excludes halogenated alkanes) is 7. The van der Waals surface area contributed by atoms with Crippen LogP contribution in [-0.2, 0) is 4.79 Å². The Morgan fingerprint density at radius 1 is 1.06 bits per heavy atom. The SMILES string of the molecule is CCCCCCCCN=C(SCC)N(C(=O)Nc1ccc(C)c(N=C=O)c1)C(C)CCCCC. The highest BCUT2D eigenvalue weighted by Gasteiger charge is 2.25. The van der Waals surface area contributed by atoms with Crippen molar-refractivity contribution in [3.8, 4) is 0 Å². The number of anilines is 1. The van der Waals surface area contributed by atoms with Gasteiger partial charge in [0.25, 0.3) is 0 Å². The van der Waals surface area contributed by atoms with Crippen molar-refractivity contribution in [3.63, 3.8) is 0 Å². The van der Waals surface area contributed by atoms with Crippen molar-refractivity contribution in [2.45, 2.75) is 105 Å². The molecule has 1 aromatic rings. The summed E-state index contributed by atoms with van der Waals surface area (Å²) in [5.41, 5.74) is 1.97. The van der Waals surface area contributed by atoms with Crippen LogP contribution in [0.15, 0.2) is 28.2 Å². The van der Waals surface area contributed by atoms with Crippen LogP contribution in [0.25, 0.3) is 0 Å². The molecule has 0 spiro atoms. The van der Waals surface area contributed by atoms with Gasteiger partial charge in [-0.05, 0) is 50.1 Å². The lowest BCUT2D eigenvalue weighted by Gasteiger charge is -2.30. The van der Waals surface area contributed by atoms with Gasteiger partial charge in [0.1, 0.15) is 0 Å². The third-order valence-corrected chi connectivity index (χ3v) is 6.62. The number of carbonyl (C=O) groups is 1. The van der Waals surface area contributed by atoms with E-state index in [1.54, 1.807) is 23.9 Å². The van der Waals surface area contributed by atoms with E-state index in [1.807, 2.05) is 24.0 Å². The second-order valence-electron chi connectivity index (χ2n) is 8.71. The maximum absolute atomic E-state index is 13.5. The fraction of sp³-hybridized carbons (Fsp3) is 0.667. The van der Waals surface area contributed by atoms with E-state index >= 15 is 0 Å². The molecule has 7 heteroatoms. The van der Waals surface area contributed by atoms with Gasteiger partial charge in [-0.25, -0.2) is 9.59 Å². The number of thioether (sulfide) groups is 1. The molecule has 1 atom stereocenters. The number of hydrogen-bond donors (Lipinski definition) is 1. The number of benzene rings is 1. The Kier molecular flexibility index (Phi) is 16.1. The fourth-order valence-corrected chi connectivity index (χ4v) is 4.56. The number of nitrogens with zero attached hydrogens (tertiary/aromatic N) is 3. The Hall–Kier alpha value is -2.11. The van der Waals surface area contributed by atoms with Gasteiger partial charge in [-0.15, -0.1) is 0 Å². The van der Waals surface area contributed by atoms with Crippen molar-refractivity contribution in [1.82, 2.24) is 4.90 Å². The molecule has 1 N–H and O–H groups in total. The van der Waals surface area contributed by atoms with Crippen LogP contribution in [0.3, 0.4) is 0 Å². The summed E-state index contributed by atoms with van der Waals surface area (Å²) in [5.74, 6) is 0.851. The molecule has 2 amide bonds. The number of amidine groups is 1. The van der Waals surface area contributed by atoms with E-state index in [9.17, 15) is 9.59 Å². The molecule has 0 aliphatic heterocycles. The largest absolute Gasteiger partial charge is 0.328 e. The molecule has 1 aromatic carbocycles. The summed E-state index contributed by atoms with van der Waals surface area (Å²) < 4.78 is 0. The van der Waals surface area contributed by atoms with Crippen LogP contribution in [0.2, 0.25) is 0 Å². The average Bonchev–Trinajstić information content (AvgIpc) is 2.81. The maximum atomic E-state index is 13.5. The first-order chi connectivity index (χ1) is 16.5. The van der Waals surface area contributed by atoms with Crippen molar-refractivity contribution in [1.29, 1.82) is 0 Å². The van der Waals surface area contributed by atoms with Crippen LogP contribution in [-0.4, -0.2) is 40.5 Å². The zero-order valence-corrected chi connectivity index (χ0v) is 22.7. The van der Waals surface area contributed by atoms with Crippen LogP contribution >= 0.6 is 11.8 Å². The first-order valence-corrected chi connectivity index (χ1v) is 13.9. The van der Waals surface area contributed by atoms with Crippen molar-refractivity contribution < 1.29 is 9.59 Å². The quantitative estimate of drug-likeness (QED) is 0.117. The van der Waals surface area contributed by atoms with Gasteiger partial charge >= 0.3 is 6.03 Å². The molecule has 0 aromatic heterocycles. The highest BCUT2D eigenvalue weighted by molar-refractivity contribution is 8.13. The monoisotopic (exact) mass is 488 g/mol. The Bertz CT molecular complexity index is 806. The molecule has 0 heterocycles. The predicted octanol–water partition coefficient (Wildman–Crippen LogP) is 8.23. The normalized spacial score (nSPS) is 12.2. The lowest BCUT2D eigenvalue weighted by Crippen LogP contribution is -2.44. The molecule has 0 saturated carbocycles. The van der Waals surface area contributed by atoms with E-state index in [0.29, 0.717) is 11.4 Å². The number of isocyanates is 1. The van der Waals surface area contributed by atoms with Crippen LogP contribution in [0.5, 0.6) is 0 Å². The van der Waals surface area contributed by atoms with Crippen molar-refractivity contribution >= 4 is 40.4 Å². The zero-order valence-electron chi connectivity index (χ0n) is 21.9. The Morgan fingerprint density at radius 3 is 2.41 bits per heavy atom. The molecule has 0 saturated heterocycles. The van der Waals surface area contributed by atoms with Gasteiger partial charge in [0.15, 0.2) is 5.17 Å². The topological polar surface area (TPSA) is 74.1 Å². The van der Waals surface area contributed by atoms with E-state index < -0.39 is 0 Å². The molecule has 0 aliphatic carbocycles. The summed E-state index contributed by atoms with van der Waals surface area (Å²) in [6, 6.07) is 5.22. The van der Waals surface area contributed by atoms with E-state index in [4.69, 9.17) is 4.99 Å². The first-order valence-electron chi connectivity index (χ1n) is 12.9. The minimum atomic E-state index is -0.198. The molecule has 34 heavy (non-hydrogen) atoms. The van der Waals surface area contributed by atoms with Gasteiger partial charge in [-0.3, -0.25) is 9.89 Å². The summed E-state index contributed by atoms with van der Waals surface area (Å²) in [6.45, 7) is 11.2.